The Morgan fingerprint density at radius 2 is 2.22 bits per heavy atom. The van der Waals surface area contributed by atoms with E-state index in [1.165, 1.54) is 7.11 Å². The topological polar surface area (TPSA) is 84.5 Å². The van der Waals surface area contributed by atoms with E-state index in [9.17, 15) is 14.4 Å². The summed E-state index contributed by atoms with van der Waals surface area (Å²) in [7, 11) is 1.29. The van der Waals surface area contributed by atoms with Gasteiger partial charge in [0.1, 0.15) is 12.1 Å². The van der Waals surface area contributed by atoms with Crippen molar-refractivity contribution in [2.75, 3.05) is 7.11 Å². The van der Waals surface area contributed by atoms with Crippen molar-refractivity contribution in [2.24, 2.45) is 5.92 Å². The lowest BCUT2D eigenvalue weighted by atomic mass is 9.99. The predicted molar refractivity (Wildman–Crippen MR) is 64.6 cm³/mol. The molecule has 6 heteroatoms. The molecular formula is C12H20N2O4. The number of carbonyl (C=O) groups is 3. The predicted octanol–water partition coefficient (Wildman–Crippen LogP) is -0.0311. The molecule has 0 saturated carbocycles. The van der Waals surface area contributed by atoms with Gasteiger partial charge in [-0.15, -0.1) is 0 Å². The summed E-state index contributed by atoms with van der Waals surface area (Å²) in [4.78, 5) is 34.6. The molecular weight excluding hydrogens is 236 g/mol. The molecule has 0 aromatic carbocycles. The SMILES string of the molecule is CC[C@H](C)[C@@H](NC(=O)[C@H]1CCC(=O)N1)C(=O)OC. The molecule has 1 rings (SSSR count). The Kier molecular flexibility index (Phi) is 5.12. The fraction of sp³-hybridized carbons (Fsp3) is 0.750. The molecule has 0 spiro atoms. The minimum absolute atomic E-state index is 0.0153. The van der Waals surface area contributed by atoms with Gasteiger partial charge in [0, 0.05) is 6.42 Å². The van der Waals surface area contributed by atoms with Gasteiger partial charge in [-0.1, -0.05) is 20.3 Å². The Morgan fingerprint density at radius 1 is 1.56 bits per heavy atom. The minimum atomic E-state index is -0.662. The van der Waals surface area contributed by atoms with E-state index in [1.807, 2.05) is 13.8 Å². The maximum atomic E-state index is 11.9. The maximum absolute atomic E-state index is 11.9. The molecule has 0 bridgehead atoms. The summed E-state index contributed by atoms with van der Waals surface area (Å²) < 4.78 is 4.68. The Hall–Kier alpha value is -1.59. The summed E-state index contributed by atoms with van der Waals surface area (Å²) >= 11 is 0. The molecule has 0 aromatic heterocycles. The molecule has 6 nitrogen and oxygen atoms in total. The summed E-state index contributed by atoms with van der Waals surface area (Å²) in [6.45, 7) is 3.80. The number of ether oxygens (including phenoxy) is 1. The van der Waals surface area contributed by atoms with Crippen LogP contribution in [0.15, 0.2) is 0 Å². The van der Waals surface area contributed by atoms with Gasteiger partial charge in [-0.25, -0.2) is 4.79 Å². The quantitative estimate of drug-likeness (QED) is 0.676. The van der Waals surface area contributed by atoms with E-state index < -0.39 is 18.1 Å². The van der Waals surface area contributed by atoms with Gasteiger partial charge in [0.2, 0.25) is 11.8 Å². The molecule has 1 aliphatic rings. The second-order valence-corrected chi connectivity index (χ2v) is 4.55. The highest BCUT2D eigenvalue weighted by Crippen LogP contribution is 2.12. The smallest absolute Gasteiger partial charge is 0.328 e. The van der Waals surface area contributed by atoms with Gasteiger partial charge in [-0.05, 0) is 12.3 Å². The van der Waals surface area contributed by atoms with Gasteiger partial charge in [0.15, 0.2) is 0 Å². The first-order chi connectivity index (χ1) is 8.49. The summed E-state index contributed by atoms with van der Waals surface area (Å²) in [5.41, 5.74) is 0. The third-order valence-electron chi connectivity index (χ3n) is 3.28. The third-order valence-corrected chi connectivity index (χ3v) is 3.28. The number of amides is 2. The lowest BCUT2D eigenvalue weighted by molar-refractivity contribution is -0.146. The van der Waals surface area contributed by atoms with Crippen molar-refractivity contribution in [3.8, 4) is 0 Å². The standard InChI is InChI=1S/C12H20N2O4/c1-4-7(2)10(12(17)18-3)14-11(16)8-5-6-9(15)13-8/h7-8,10H,4-6H2,1-3H3,(H,13,15)(H,14,16)/t7-,8+,10+/m0/s1. The van der Waals surface area contributed by atoms with E-state index in [0.717, 1.165) is 6.42 Å². The lowest BCUT2D eigenvalue weighted by Crippen LogP contribution is -2.51. The van der Waals surface area contributed by atoms with Crippen molar-refractivity contribution >= 4 is 17.8 Å². The molecule has 2 N–H and O–H groups in total. The second-order valence-electron chi connectivity index (χ2n) is 4.55. The first kappa shape index (κ1) is 14.5. The number of rotatable bonds is 5. The third kappa shape index (κ3) is 3.45. The van der Waals surface area contributed by atoms with E-state index in [0.29, 0.717) is 12.8 Å². The molecule has 0 unspecified atom stereocenters. The Balaban J connectivity index is 2.62. The zero-order chi connectivity index (χ0) is 13.7. The minimum Gasteiger partial charge on any atom is -0.467 e. The normalized spacial score (nSPS) is 21.9. The van der Waals surface area contributed by atoms with Gasteiger partial charge in [0.05, 0.1) is 7.11 Å². The maximum Gasteiger partial charge on any atom is 0.328 e. The number of hydrogen-bond donors (Lipinski definition) is 2. The molecule has 1 heterocycles. The van der Waals surface area contributed by atoms with E-state index in [4.69, 9.17) is 0 Å². The van der Waals surface area contributed by atoms with Crippen molar-refractivity contribution in [2.45, 2.75) is 45.2 Å². The summed E-state index contributed by atoms with van der Waals surface area (Å²) in [5.74, 6) is -0.926. The highest BCUT2D eigenvalue weighted by Gasteiger charge is 2.32. The Labute approximate surface area is 106 Å². The van der Waals surface area contributed by atoms with Crippen molar-refractivity contribution in [1.29, 1.82) is 0 Å². The van der Waals surface area contributed by atoms with Crippen molar-refractivity contribution < 1.29 is 19.1 Å². The zero-order valence-corrected chi connectivity index (χ0v) is 11.0. The molecule has 1 fully saturated rings. The highest BCUT2D eigenvalue weighted by molar-refractivity contribution is 5.93. The fourth-order valence-electron chi connectivity index (χ4n) is 1.86. The largest absolute Gasteiger partial charge is 0.467 e. The van der Waals surface area contributed by atoms with E-state index in [-0.39, 0.29) is 17.7 Å². The van der Waals surface area contributed by atoms with Gasteiger partial charge < -0.3 is 15.4 Å². The zero-order valence-electron chi connectivity index (χ0n) is 11.0. The van der Waals surface area contributed by atoms with Crippen LogP contribution in [-0.2, 0) is 19.1 Å². The Morgan fingerprint density at radius 3 is 2.67 bits per heavy atom. The van der Waals surface area contributed by atoms with Gasteiger partial charge >= 0.3 is 5.97 Å². The van der Waals surface area contributed by atoms with E-state index in [2.05, 4.69) is 15.4 Å². The van der Waals surface area contributed by atoms with Crippen LogP contribution in [0.25, 0.3) is 0 Å². The average Bonchev–Trinajstić information content (AvgIpc) is 2.80. The van der Waals surface area contributed by atoms with Crippen LogP contribution in [0.2, 0.25) is 0 Å². The highest BCUT2D eigenvalue weighted by atomic mass is 16.5. The molecule has 0 aromatic rings. The monoisotopic (exact) mass is 256 g/mol. The summed E-state index contributed by atoms with van der Waals surface area (Å²) in [5, 5.41) is 5.22. The van der Waals surface area contributed by atoms with Crippen molar-refractivity contribution in [3.63, 3.8) is 0 Å². The number of hydrogen-bond acceptors (Lipinski definition) is 4. The van der Waals surface area contributed by atoms with E-state index >= 15 is 0 Å². The van der Waals surface area contributed by atoms with Crippen molar-refractivity contribution in [1.82, 2.24) is 10.6 Å². The molecule has 2 amide bonds. The number of methoxy groups -OCH3 is 1. The van der Waals surface area contributed by atoms with Crippen LogP contribution in [0.3, 0.4) is 0 Å². The molecule has 3 atom stereocenters. The molecule has 0 radical (unpaired) electrons. The first-order valence-electron chi connectivity index (χ1n) is 6.17. The fourth-order valence-corrected chi connectivity index (χ4v) is 1.86. The van der Waals surface area contributed by atoms with Crippen LogP contribution < -0.4 is 10.6 Å². The van der Waals surface area contributed by atoms with E-state index in [1.54, 1.807) is 0 Å². The molecule has 1 aliphatic heterocycles. The van der Waals surface area contributed by atoms with Crippen molar-refractivity contribution in [3.05, 3.63) is 0 Å². The van der Waals surface area contributed by atoms with Gasteiger partial charge in [-0.3, -0.25) is 9.59 Å². The Bertz CT molecular complexity index is 343. The summed E-state index contributed by atoms with van der Waals surface area (Å²) in [6, 6.07) is -1.20. The number of esters is 1. The number of carbonyl (C=O) groups excluding carboxylic acids is 3. The van der Waals surface area contributed by atoms with Gasteiger partial charge in [0.25, 0.3) is 0 Å². The van der Waals surface area contributed by atoms with Crippen LogP contribution in [0.1, 0.15) is 33.1 Å². The van der Waals surface area contributed by atoms with Crippen LogP contribution in [0, 0.1) is 5.92 Å². The first-order valence-corrected chi connectivity index (χ1v) is 6.17. The van der Waals surface area contributed by atoms with Crippen LogP contribution in [-0.4, -0.2) is 37.0 Å². The number of nitrogens with one attached hydrogen (secondary N) is 2. The molecule has 1 saturated heterocycles. The van der Waals surface area contributed by atoms with Crippen LogP contribution in [0.5, 0.6) is 0 Å². The van der Waals surface area contributed by atoms with Crippen LogP contribution >= 0.6 is 0 Å². The molecule has 0 aliphatic carbocycles. The van der Waals surface area contributed by atoms with Gasteiger partial charge in [-0.2, -0.15) is 0 Å². The summed E-state index contributed by atoms with van der Waals surface area (Å²) in [6.07, 6.45) is 1.57. The molecule has 102 valence electrons. The second kappa shape index (κ2) is 6.37. The lowest BCUT2D eigenvalue weighted by Gasteiger charge is -2.23. The average molecular weight is 256 g/mol. The molecule has 18 heavy (non-hydrogen) atoms. The van der Waals surface area contributed by atoms with Crippen LogP contribution in [0.4, 0.5) is 0 Å².